The molecule has 0 spiro atoms. The molecule has 1 amide bonds. The summed E-state index contributed by atoms with van der Waals surface area (Å²) < 4.78 is 13.3. The van der Waals surface area contributed by atoms with Crippen LogP contribution in [-0.2, 0) is 11.3 Å². The molecule has 1 atom stereocenters. The molecule has 4 nitrogen and oxygen atoms in total. The van der Waals surface area contributed by atoms with E-state index in [2.05, 4.69) is 31.9 Å². The van der Waals surface area contributed by atoms with E-state index in [0.29, 0.717) is 6.04 Å². The van der Waals surface area contributed by atoms with Crippen LogP contribution in [-0.4, -0.2) is 47.9 Å². The van der Waals surface area contributed by atoms with Gasteiger partial charge in [0, 0.05) is 38.8 Å². The number of nitrogens with zero attached hydrogens (tertiary/aromatic N) is 2. The van der Waals surface area contributed by atoms with E-state index in [1.54, 1.807) is 23.5 Å². The number of carbonyl (C=O) groups is 1. The Labute approximate surface area is 157 Å². The molecule has 1 aromatic carbocycles. The average molecular weight is 373 g/mol. The average Bonchev–Trinajstić information content (AvgIpc) is 3.31. The maximum Gasteiger partial charge on any atom is 0.242 e. The maximum atomic E-state index is 13.3. The first-order chi connectivity index (χ1) is 12.7. The van der Waals surface area contributed by atoms with Crippen molar-refractivity contribution in [2.24, 2.45) is 0 Å². The molecule has 0 bridgehead atoms. The second-order valence-electron chi connectivity index (χ2n) is 7.18. The number of thiophene rings is 1. The van der Waals surface area contributed by atoms with E-state index in [9.17, 15) is 9.18 Å². The number of rotatable bonds is 6. The van der Waals surface area contributed by atoms with Crippen molar-refractivity contribution in [2.75, 3.05) is 26.2 Å². The largest absolute Gasteiger partial charge is 0.352 e. The van der Waals surface area contributed by atoms with Crippen LogP contribution >= 0.6 is 11.3 Å². The number of carbonyl (C=O) groups excluding carboxylic acids is 1. The van der Waals surface area contributed by atoms with Gasteiger partial charge in [-0.05, 0) is 52.9 Å². The van der Waals surface area contributed by atoms with E-state index in [4.69, 9.17) is 0 Å². The second kappa shape index (κ2) is 7.86. The molecule has 2 heterocycles. The maximum absolute atomic E-state index is 13.3. The lowest BCUT2D eigenvalue weighted by Crippen LogP contribution is -2.50. The Morgan fingerprint density at radius 1 is 1.15 bits per heavy atom. The monoisotopic (exact) mass is 373 g/mol. The van der Waals surface area contributed by atoms with Gasteiger partial charge in [0.05, 0.1) is 0 Å². The van der Waals surface area contributed by atoms with Crippen molar-refractivity contribution in [3.63, 3.8) is 0 Å². The highest BCUT2D eigenvalue weighted by atomic mass is 32.1. The van der Waals surface area contributed by atoms with E-state index in [1.165, 1.54) is 17.7 Å². The third-order valence-electron chi connectivity index (χ3n) is 5.12. The quantitative estimate of drug-likeness (QED) is 0.845. The van der Waals surface area contributed by atoms with Gasteiger partial charge in [0.15, 0.2) is 0 Å². The minimum Gasteiger partial charge on any atom is -0.352 e. The smallest absolute Gasteiger partial charge is 0.242 e. The number of piperazine rings is 1. The van der Waals surface area contributed by atoms with Gasteiger partial charge in [-0.1, -0.05) is 12.1 Å². The van der Waals surface area contributed by atoms with Crippen LogP contribution in [0.15, 0.2) is 41.1 Å². The van der Waals surface area contributed by atoms with Crippen molar-refractivity contribution < 1.29 is 9.18 Å². The lowest BCUT2D eigenvalue weighted by Gasteiger charge is -2.38. The van der Waals surface area contributed by atoms with Crippen molar-refractivity contribution in [1.29, 1.82) is 0 Å². The van der Waals surface area contributed by atoms with Crippen molar-refractivity contribution >= 4 is 17.2 Å². The van der Waals surface area contributed by atoms with Gasteiger partial charge in [0.2, 0.25) is 5.91 Å². The molecule has 1 saturated carbocycles. The minimum absolute atomic E-state index is 0.0467. The third-order valence-corrected chi connectivity index (χ3v) is 5.85. The number of hydrogen-bond donors (Lipinski definition) is 1. The lowest BCUT2D eigenvalue weighted by molar-refractivity contribution is -0.127. The zero-order chi connectivity index (χ0) is 17.9. The number of benzene rings is 1. The zero-order valence-electron chi connectivity index (χ0n) is 14.7. The molecule has 0 unspecified atom stereocenters. The fourth-order valence-corrected chi connectivity index (χ4v) is 4.16. The van der Waals surface area contributed by atoms with Crippen molar-refractivity contribution in [2.45, 2.75) is 31.5 Å². The molecular formula is C20H24FN3OS. The molecule has 2 aromatic rings. The van der Waals surface area contributed by atoms with Gasteiger partial charge in [-0.3, -0.25) is 14.6 Å². The van der Waals surface area contributed by atoms with Gasteiger partial charge in [0.25, 0.3) is 0 Å². The van der Waals surface area contributed by atoms with Crippen LogP contribution in [0.1, 0.15) is 30.0 Å². The van der Waals surface area contributed by atoms with Crippen LogP contribution in [0.25, 0.3) is 0 Å². The van der Waals surface area contributed by atoms with Gasteiger partial charge in [-0.2, -0.15) is 11.3 Å². The van der Waals surface area contributed by atoms with Gasteiger partial charge in [0.1, 0.15) is 11.9 Å². The van der Waals surface area contributed by atoms with Gasteiger partial charge in [-0.25, -0.2) is 4.39 Å². The molecule has 2 fully saturated rings. The van der Waals surface area contributed by atoms with Crippen molar-refractivity contribution in [3.05, 3.63) is 58.0 Å². The van der Waals surface area contributed by atoms with E-state index in [1.807, 2.05) is 0 Å². The highest BCUT2D eigenvalue weighted by Gasteiger charge is 2.33. The SMILES string of the molecule is O=C(NC1CC1)[C@@H](c1ccc(F)cc1)N1CCN(Cc2ccsc2)CC1. The Balaban J connectivity index is 1.43. The Hall–Kier alpha value is -1.76. The van der Waals surface area contributed by atoms with Crippen LogP contribution in [0.3, 0.4) is 0 Å². The molecule has 1 aliphatic heterocycles. The topological polar surface area (TPSA) is 35.6 Å². The van der Waals surface area contributed by atoms with Crippen molar-refractivity contribution in [3.8, 4) is 0 Å². The summed E-state index contributed by atoms with van der Waals surface area (Å²) in [5, 5.41) is 7.43. The Morgan fingerprint density at radius 2 is 1.88 bits per heavy atom. The number of nitrogens with one attached hydrogen (secondary N) is 1. The Morgan fingerprint density at radius 3 is 2.50 bits per heavy atom. The summed E-state index contributed by atoms with van der Waals surface area (Å²) in [5.41, 5.74) is 2.22. The summed E-state index contributed by atoms with van der Waals surface area (Å²) in [5.74, 6) is -0.221. The van der Waals surface area contributed by atoms with Gasteiger partial charge < -0.3 is 5.32 Å². The summed E-state index contributed by atoms with van der Waals surface area (Å²) >= 11 is 1.73. The fraction of sp³-hybridized carbons (Fsp3) is 0.450. The Bertz CT molecular complexity index is 722. The van der Waals surface area contributed by atoms with Crippen LogP contribution in [0.5, 0.6) is 0 Å². The van der Waals surface area contributed by atoms with E-state index < -0.39 is 0 Å². The molecule has 2 aliphatic rings. The van der Waals surface area contributed by atoms with E-state index >= 15 is 0 Å². The minimum atomic E-state index is -0.334. The summed E-state index contributed by atoms with van der Waals surface area (Å²) in [6.07, 6.45) is 2.13. The number of halogens is 1. The van der Waals surface area contributed by atoms with Gasteiger partial charge in [-0.15, -0.1) is 0 Å². The van der Waals surface area contributed by atoms with Crippen LogP contribution in [0, 0.1) is 5.82 Å². The highest BCUT2D eigenvalue weighted by molar-refractivity contribution is 7.07. The first-order valence-corrected chi connectivity index (χ1v) is 10.2. The first kappa shape index (κ1) is 17.6. The molecule has 1 saturated heterocycles. The molecule has 138 valence electrons. The first-order valence-electron chi connectivity index (χ1n) is 9.22. The summed E-state index contributed by atoms with van der Waals surface area (Å²) in [4.78, 5) is 17.5. The predicted octanol–water partition coefficient (Wildman–Crippen LogP) is 3.02. The molecule has 26 heavy (non-hydrogen) atoms. The molecule has 1 aromatic heterocycles. The molecule has 1 aliphatic carbocycles. The van der Waals surface area contributed by atoms with Crippen LogP contribution < -0.4 is 5.32 Å². The van der Waals surface area contributed by atoms with E-state index in [-0.39, 0.29) is 17.8 Å². The van der Waals surface area contributed by atoms with Crippen LogP contribution in [0.2, 0.25) is 0 Å². The molecule has 0 radical (unpaired) electrons. The Kier molecular flexibility index (Phi) is 5.33. The fourth-order valence-electron chi connectivity index (χ4n) is 3.50. The molecule has 4 rings (SSSR count). The highest BCUT2D eigenvalue weighted by Crippen LogP contribution is 2.26. The predicted molar refractivity (Wildman–Crippen MR) is 101 cm³/mol. The summed E-state index contributed by atoms with van der Waals surface area (Å²) in [6, 6.07) is 8.53. The second-order valence-corrected chi connectivity index (χ2v) is 7.96. The standard InChI is InChI=1S/C20H24FN3OS/c21-17-3-1-16(2-4-17)19(20(25)22-18-5-6-18)24-10-8-23(9-11-24)13-15-7-12-26-14-15/h1-4,7,12,14,18-19H,5-6,8-11,13H2,(H,22,25)/t19-/m1/s1. The zero-order valence-corrected chi connectivity index (χ0v) is 15.6. The van der Waals surface area contributed by atoms with Crippen molar-refractivity contribution in [1.82, 2.24) is 15.1 Å². The lowest BCUT2D eigenvalue weighted by atomic mass is 10.0. The van der Waals surface area contributed by atoms with Gasteiger partial charge >= 0.3 is 0 Å². The number of hydrogen-bond acceptors (Lipinski definition) is 4. The molecular weight excluding hydrogens is 349 g/mol. The summed E-state index contributed by atoms with van der Waals surface area (Å²) in [7, 11) is 0. The van der Waals surface area contributed by atoms with E-state index in [0.717, 1.165) is 51.1 Å². The molecule has 1 N–H and O–H groups in total. The normalized spacial score (nSPS) is 20.0. The number of amides is 1. The third kappa shape index (κ3) is 4.31. The molecule has 6 heteroatoms. The summed E-state index contributed by atoms with van der Waals surface area (Å²) in [6.45, 7) is 4.51. The van der Waals surface area contributed by atoms with Crippen LogP contribution in [0.4, 0.5) is 4.39 Å².